The highest BCUT2D eigenvalue weighted by molar-refractivity contribution is 5.95. The predicted molar refractivity (Wildman–Crippen MR) is 83.5 cm³/mol. The summed E-state index contributed by atoms with van der Waals surface area (Å²) in [4.78, 5) is 12.3. The topological polar surface area (TPSA) is 85.8 Å². The number of aryl methyl sites for hydroxylation is 2. The van der Waals surface area contributed by atoms with Crippen LogP contribution in [0, 0.1) is 6.92 Å². The first-order valence-electron chi connectivity index (χ1n) is 7.37. The Morgan fingerprint density at radius 2 is 2.17 bits per heavy atom. The van der Waals surface area contributed by atoms with Gasteiger partial charge in [0.25, 0.3) is 5.91 Å². The summed E-state index contributed by atoms with van der Waals surface area (Å²) in [7, 11) is 0. The number of carbonyl (C=O) groups is 1. The molecular formula is C16H17N5O2. The number of nitrogens with zero attached hydrogens (tertiary/aromatic N) is 4. The van der Waals surface area contributed by atoms with E-state index in [-0.39, 0.29) is 5.91 Å². The van der Waals surface area contributed by atoms with E-state index >= 15 is 0 Å². The van der Waals surface area contributed by atoms with Crippen LogP contribution in [0.4, 0.5) is 0 Å². The number of rotatable bonds is 5. The van der Waals surface area contributed by atoms with Gasteiger partial charge < -0.3 is 9.73 Å². The van der Waals surface area contributed by atoms with Crippen molar-refractivity contribution < 1.29 is 9.21 Å². The molecule has 2 aromatic heterocycles. The molecule has 0 bridgehead atoms. The minimum Gasteiger partial charge on any atom is -0.465 e. The number of benzene rings is 1. The van der Waals surface area contributed by atoms with E-state index in [2.05, 4.69) is 20.8 Å². The number of aromatic nitrogens is 4. The van der Waals surface area contributed by atoms with Gasteiger partial charge in [0.05, 0.1) is 6.54 Å². The van der Waals surface area contributed by atoms with Crippen molar-refractivity contribution in [2.45, 2.75) is 26.9 Å². The lowest BCUT2D eigenvalue weighted by atomic mass is 10.1. The molecule has 0 aliphatic heterocycles. The third-order valence-electron chi connectivity index (χ3n) is 3.43. The highest BCUT2D eigenvalue weighted by Crippen LogP contribution is 2.17. The molecule has 2 heterocycles. The van der Waals surface area contributed by atoms with Gasteiger partial charge in [-0.15, -0.1) is 5.10 Å². The molecule has 0 radical (unpaired) electrons. The van der Waals surface area contributed by atoms with Gasteiger partial charge in [0.1, 0.15) is 11.5 Å². The first kappa shape index (κ1) is 15.0. The van der Waals surface area contributed by atoms with E-state index in [1.165, 1.54) is 0 Å². The largest absolute Gasteiger partial charge is 0.465 e. The summed E-state index contributed by atoms with van der Waals surface area (Å²) in [5, 5.41) is 14.4. The summed E-state index contributed by atoms with van der Waals surface area (Å²) in [5.74, 6) is 2.02. The molecular weight excluding hydrogens is 294 g/mol. The number of furan rings is 1. The second kappa shape index (κ2) is 6.43. The molecule has 0 aliphatic carbocycles. The fourth-order valence-corrected chi connectivity index (χ4v) is 2.27. The Morgan fingerprint density at radius 3 is 2.91 bits per heavy atom. The Kier molecular flexibility index (Phi) is 4.18. The minimum atomic E-state index is -0.170. The molecule has 118 valence electrons. The van der Waals surface area contributed by atoms with E-state index in [0.29, 0.717) is 24.5 Å². The van der Waals surface area contributed by atoms with E-state index in [9.17, 15) is 4.79 Å². The Labute approximate surface area is 133 Å². The summed E-state index contributed by atoms with van der Waals surface area (Å²) in [5.41, 5.74) is 1.36. The summed E-state index contributed by atoms with van der Waals surface area (Å²) < 4.78 is 7.12. The highest BCUT2D eigenvalue weighted by atomic mass is 16.3. The smallest absolute Gasteiger partial charge is 0.251 e. The Balaban J connectivity index is 1.75. The monoisotopic (exact) mass is 311 g/mol. The zero-order chi connectivity index (χ0) is 16.2. The number of hydrogen-bond donors (Lipinski definition) is 1. The van der Waals surface area contributed by atoms with Crippen LogP contribution in [0.3, 0.4) is 0 Å². The van der Waals surface area contributed by atoms with Crippen LogP contribution in [0.1, 0.15) is 28.8 Å². The molecule has 1 aromatic carbocycles. The zero-order valence-corrected chi connectivity index (χ0v) is 13.0. The van der Waals surface area contributed by atoms with E-state index in [0.717, 1.165) is 17.1 Å². The lowest BCUT2D eigenvalue weighted by molar-refractivity contribution is 0.0948. The number of hydrogen-bond acceptors (Lipinski definition) is 5. The molecule has 0 aliphatic rings. The number of carbonyl (C=O) groups excluding carboxylic acids is 1. The molecule has 0 saturated carbocycles. The first-order valence-corrected chi connectivity index (χ1v) is 7.37. The van der Waals surface area contributed by atoms with Crippen molar-refractivity contribution in [1.29, 1.82) is 0 Å². The molecule has 3 aromatic rings. The van der Waals surface area contributed by atoms with Gasteiger partial charge in [-0.1, -0.05) is 12.1 Å². The molecule has 0 atom stereocenters. The van der Waals surface area contributed by atoms with Crippen LogP contribution < -0.4 is 5.32 Å². The van der Waals surface area contributed by atoms with E-state index < -0.39 is 0 Å². The van der Waals surface area contributed by atoms with Crippen molar-refractivity contribution in [1.82, 2.24) is 25.5 Å². The van der Waals surface area contributed by atoms with Crippen LogP contribution in [0.25, 0.3) is 11.4 Å². The fourth-order valence-electron chi connectivity index (χ4n) is 2.27. The molecule has 23 heavy (non-hydrogen) atoms. The predicted octanol–water partition coefficient (Wildman–Crippen LogP) is 2.19. The first-order chi connectivity index (χ1) is 11.2. The van der Waals surface area contributed by atoms with E-state index in [4.69, 9.17) is 4.42 Å². The van der Waals surface area contributed by atoms with Gasteiger partial charge >= 0.3 is 0 Å². The maximum Gasteiger partial charge on any atom is 0.251 e. The van der Waals surface area contributed by atoms with Gasteiger partial charge in [0.2, 0.25) is 0 Å². The summed E-state index contributed by atoms with van der Waals surface area (Å²) >= 11 is 0. The fraction of sp³-hybridized carbons (Fsp3) is 0.250. The van der Waals surface area contributed by atoms with Crippen molar-refractivity contribution >= 4 is 5.91 Å². The average Bonchev–Trinajstić information content (AvgIpc) is 3.21. The standard InChI is InChI=1S/C16H17N5O2/c1-3-21-15(18-19-20-21)12-5-4-6-13(9-12)16(22)17-10-14-8-7-11(2)23-14/h4-9H,3,10H2,1-2H3,(H,17,22). The highest BCUT2D eigenvalue weighted by Gasteiger charge is 2.11. The van der Waals surface area contributed by atoms with Crippen LogP contribution >= 0.6 is 0 Å². The van der Waals surface area contributed by atoms with Crippen molar-refractivity contribution in [3.63, 3.8) is 0 Å². The van der Waals surface area contributed by atoms with Crippen LogP contribution in [-0.4, -0.2) is 26.1 Å². The van der Waals surface area contributed by atoms with Crippen molar-refractivity contribution in [3.8, 4) is 11.4 Å². The maximum atomic E-state index is 12.3. The number of nitrogens with one attached hydrogen (secondary N) is 1. The van der Waals surface area contributed by atoms with E-state index in [1.54, 1.807) is 16.8 Å². The summed E-state index contributed by atoms with van der Waals surface area (Å²) in [6.07, 6.45) is 0. The molecule has 7 nitrogen and oxygen atoms in total. The van der Waals surface area contributed by atoms with Gasteiger partial charge in [-0.2, -0.15) is 0 Å². The minimum absolute atomic E-state index is 0.170. The third-order valence-corrected chi connectivity index (χ3v) is 3.43. The third kappa shape index (κ3) is 3.28. The van der Waals surface area contributed by atoms with Crippen molar-refractivity contribution in [3.05, 3.63) is 53.5 Å². The Bertz CT molecular complexity index is 821. The lowest BCUT2D eigenvalue weighted by Crippen LogP contribution is -2.22. The lowest BCUT2D eigenvalue weighted by Gasteiger charge is -2.06. The Hall–Kier alpha value is -2.96. The van der Waals surface area contributed by atoms with Crippen molar-refractivity contribution in [2.75, 3.05) is 0 Å². The quantitative estimate of drug-likeness (QED) is 0.780. The normalized spacial score (nSPS) is 10.7. The second-order valence-corrected chi connectivity index (χ2v) is 5.09. The molecule has 7 heteroatoms. The molecule has 0 spiro atoms. The Morgan fingerprint density at radius 1 is 1.30 bits per heavy atom. The van der Waals surface area contributed by atoms with Crippen LogP contribution in [0.15, 0.2) is 40.8 Å². The zero-order valence-electron chi connectivity index (χ0n) is 13.0. The van der Waals surface area contributed by atoms with E-state index in [1.807, 2.05) is 38.1 Å². The van der Waals surface area contributed by atoms with Crippen LogP contribution in [0.5, 0.6) is 0 Å². The summed E-state index contributed by atoms with van der Waals surface area (Å²) in [6, 6.07) is 10.9. The summed E-state index contributed by atoms with van der Waals surface area (Å²) in [6.45, 7) is 4.84. The van der Waals surface area contributed by atoms with Gasteiger partial charge in [0, 0.05) is 17.7 Å². The molecule has 3 rings (SSSR count). The maximum absolute atomic E-state index is 12.3. The molecule has 1 amide bonds. The molecule has 0 saturated heterocycles. The van der Waals surface area contributed by atoms with Crippen LogP contribution in [-0.2, 0) is 13.1 Å². The molecule has 0 unspecified atom stereocenters. The number of amides is 1. The molecule has 1 N–H and O–H groups in total. The SMILES string of the molecule is CCn1nnnc1-c1cccc(C(=O)NCc2ccc(C)o2)c1. The average molecular weight is 311 g/mol. The van der Waals surface area contributed by atoms with Gasteiger partial charge in [-0.3, -0.25) is 4.79 Å². The van der Waals surface area contributed by atoms with Crippen LogP contribution in [0.2, 0.25) is 0 Å². The second-order valence-electron chi connectivity index (χ2n) is 5.09. The number of tetrazole rings is 1. The molecule has 0 fully saturated rings. The van der Waals surface area contributed by atoms with Gasteiger partial charge in [0.15, 0.2) is 5.82 Å². The van der Waals surface area contributed by atoms with Gasteiger partial charge in [-0.05, 0) is 48.5 Å². The van der Waals surface area contributed by atoms with Gasteiger partial charge in [-0.25, -0.2) is 4.68 Å². The van der Waals surface area contributed by atoms with Crippen molar-refractivity contribution in [2.24, 2.45) is 0 Å².